The highest BCUT2D eigenvalue weighted by atomic mass is 16.2. The molecule has 2 rings (SSSR count). The Morgan fingerprint density at radius 3 is 2.58 bits per heavy atom. The minimum Gasteiger partial charge on any atom is -0.300 e. The minimum atomic E-state index is -0.324. The highest BCUT2D eigenvalue weighted by Gasteiger charge is 2.02. The molecule has 0 atom stereocenters. The molecule has 0 saturated heterocycles. The van der Waals surface area contributed by atoms with Crippen LogP contribution in [0.1, 0.15) is 24.5 Å². The molecule has 0 fully saturated rings. The predicted molar refractivity (Wildman–Crippen MR) is 75.5 cm³/mol. The van der Waals surface area contributed by atoms with Gasteiger partial charge in [0.05, 0.1) is 0 Å². The highest BCUT2D eigenvalue weighted by molar-refractivity contribution is 5.14. The summed E-state index contributed by atoms with van der Waals surface area (Å²) < 4.78 is 1.59. The van der Waals surface area contributed by atoms with Gasteiger partial charge in [-0.15, -0.1) is 0 Å². The molecule has 0 unspecified atom stereocenters. The van der Waals surface area contributed by atoms with E-state index in [1.807, 2.05) is 25.1 Å². The number of nitrogens with one attached hydrogen (secondary N) is 1. The average molecular weight is 258 g/mol. The molecule has 0 aliphatic rings. The molecule has 0 radical (unpaired) electrons. The van der Waals surface area contributed by atoms with Crippen LogP contribution in [0.2, 0.25) is 0 Å². The fourth-order valence-electron chi connectivity index (χ4n) is 2.07. The van der Waals surface area contributed by atoms with Crippen LogP contribution in [0, 0.1) is 0 Å². The van der Waals surface area contributed by atoms with E-state index in [-0.39, 0.29) is 11.2 Å². The zero-order chi connectivity index (χ0) is 13.7. The van der Waals surface area contributed by atoms with Gasteiger partial charge in [0.25, 0.3) is 5.56 Å². The summed E-state index contributed by atoms with van der Waals surface area (Å²) >= 11 is 0. The largest absolute Gasteiger partial charge is 0.328 e. The van der Waals surface area contributed by atoms with E-state index in [9.17, 15) is 9.59 Å². The van der Waals surface area contributed by atoms with Gasteiger partial charge in [0.15, 0.2) is 0 Å². The molecule has 1 aromatic heterocycles. The minimum absolute atomic E-state index is 0.271. The van der Waals surface area contributed by atoms with Crippen LogP contribution in [-0.4, -0.2) is 9.55 Å². The smallest absolute Gasteiger partial charge is 0.300 e. The van der Waals surface area contributed by atoms with Crippen LogP contribution in [0.3, 0.4) is 0 Å². The van der Waals surface area contributed by atoms with Crippen molar-refractivity contribution >= 4 is 0 Å². The number of hydrogen-bond donors (Lipinski definition) is 1. The molecular formula is C15H18N2O2. The van der Waals surface area contributed by atoms with Gasteiger partial charge in [0.1, 0.15) is 0 Å². The SMILES string of the molecule is CCc1cn(CCCc2ccccc2)c(=O)[nH]c1=O. The Kier molecular flexibility index (Phi) is 4.34. The summed E-state index contributed by atoms with van der Waals surface area (Å²) in [5.74, 6) is 0. The van der Waals surface area contributed by atoms with Gasteiger partial charge in [-0.1, -0.05) is 37.3 Å². The average Bonchev–Trinajstić information content (AvgIpc) is 2.42. The molecule has 19 heavy (non-hydrogen) atoms. The summed E-state index contributed by atoms with van der Waals surface area (Å²) in [6.45, 7) is 2.53. The number of nitrogens with zero attached hydrogens (tertiary/aromatic N) is 1. The van der Waals surface area contributed by atoms with Crippen LogP contribution in [0.25, 0.3) is 0 Å². The molecule has 2 aromatic rings. The summed E-state index contributed by atoms with van der Waals surface area (Å²) in [5.41, 5.74) is 1.32. The molecule has 0 aliphatic heterocycles. The van der Waals surface area contributed by atoms with E-state index in [2.05, 4.69) is 17.1 Å². The summed E-state index contributed by atoms with van der Waals surface area (Å²) in [6.07, 6.45) is 4.10. The molecule has 1 N–H and O–H groups in total. The first-order valence-corrected chi connectivity index (χ1v) is 6.57. The van der Waals surface area contributed by atoms with E-state index in [0.717, 1.165) is 12.8 Å². The summed E-state index contributed by atoms with van der Waals surface area (Å²) in [5, 5.41) is 0. The summed E-state index contributed by atoms with van der Waals surface area (Å²) in [6, 6.07) is 10.2. The number of aryl methyl sites for hydroxylation is 3. The zero-order valence-corrected chi connectivity index (χ0v) is 11.1. The van der Waals surface area contributed by atoms with Crippen molar-refractivity contribution in [3.05, 3.63) is 68.5 Å². The number of H-pyrrole nitrogens is 1. The lowest BCUT2D eigenvalue weighted by molar-refractivity contribution is 0.599. The lowest BCUT2D eigenvalue weighted by Crippen LogP contribution is -2.31. The first-order chi connectivity index (χ1) is 9.20. The second kappa shape index (κ2) is 6.18. The van der Waals surface area contributed by atoms with Crippen molar-refractivity contribution in [3.63, 3.8) is 0 Å². The number of aromatic nitrogens is 2. The van der Waals surface area contributed by atoms with Crippen molar-refractivity contribution in [1.29, 1.82) is 0 Å². The van der Waals surface area contributed by atoms with Crippen LogP contribution in [0.5, 0.6) is 0 Å². The van der Waals surface area contributed by atoms with Crippen molar-refractivity contribution in [2.45, 2.75) is 32.7 Å². The van der Waals surface area contributed by atoms with E-state index >= 15 is 0 Å². The van der Waals surface area contributed by atoms with Crippen molar-refractivity contribution in [2.75, 3.05) is 0 Å². The maximum absolute atomic E-state index is 11.7. The van der Waals surface area contributed by atoms with Crippen LogP contribution in [0.4, 0.5) is 0 Å². The van der Waals surface area contributed by atoms with Gasteiger partial charge in [0.2, 0.25) is 0 Å². The Labute approximate surface area is 111 Å². The molecule has 0 amide bonds. The molecule has 0 aliphatic carbocycles. The molecule has 100 valence electrons. The predicted octanol–water partition coefficient (Wildman–Crippen LogP) is 1.73. The normalized spacial score (nSPS) is 10.6. The Hall–Kier alpha value is -2.10. The van der Waals surface area contributed by atoms with E-state index in [1.165, 1.54) is 5.56 Å². The van der Waals surface area contributed by atoms with Gasteiger partial charge >= 0.3 is 5.69 Å². The van der Waals surface area contributed by atoms with E-state index in [1.54, 1.807) is 10.8 Å². The van der Waals surface area contributed by atoms with Crippen LogP contribution in [-0.2, 0) is 19.4 Å². The van der Waals surface area contributed by atoms with Crippen LogP contribution >= 0.6 is 0 Å². The lowest BCUT2D eigenvalue weighted by atomic mass is 10.1. The molecule has 0 spiro atoms. The third-order valence-corrected chi connectivity index (χ3v) is 3.17. The molecule has 4 nitrogen and oxygen atoms in total. The zero-order valence-electron chi connectivity index (χ0n) is 11.1. The standard InChI is InChI=1S/C15H18N2O2/c1-2-13-11-17(15(19)16-14(13)18)10-6-9-12-7-4-3-5-8-12/h3-5,7-8,11H,2,6,9-10H2,1H3,(H,16,18,19). The molecule has 1 aromatic carbocycles. The molecule has 0 bridgehead atoms. The van der Waals surface area contributed by atoms with Crippen molar-refractivity contribution in [1.82, 2.24) is 9.55 Å². The maximum atomic E-state index is 11.7. The van der Waals surface area contributed by atoms with Crippen LogP contribution < -0.4 is 11.2 Å². The Morgan fingerprint density at radius 2 is 1.89 bits per heavy atom. The van der Waals surface area contributed by atoms with Crippen LogP contribution in [0.15, 0.2) is 46.1 Å². The monoisotopic (exact) mass is 258 g/mol. The third-order valence-electron chi connectivity index (χ3n) is 3.17. The molecule has 4 heteroatoms. The second-order valence-electron chi connectivity index (χ2n) is 4.55. The van der Waals surface area contributed by atoms with Gasteiger partial charge in [-0.05, 0) is 24.8 Å². The fraction of sp³-hybridized carbons (Fsp3) is 0.333. The first-order valence-electron chi connectivity index (χ1n) is 6.57. The van der Waals surface area contributed by atoms with Gasteiger partial charge in [-0.2, -0.15) is 0 Å². The van der Waals surface area contributed by atoms with Crippen molar-refractivity contribution in [3.8, 4) is 0 Å². The molecule has 1 heterocycles. The maximum Gasteiger partial charge on any atom is 0.328 e. The topological polar surface area (TPSA) is 54.9 Å². The Morgan fingerprint density at radius 1 is 1.16 bits per heavy atom. The number of aromatic amines is 1. The van der Waals surface area contributed by atoms with Crippen molar-refractivity contribution in [2.24, 2.45) is 0 Å². The van der Waals surface area contributed by atoms with Gasteiger partial charge in [0, 0.05) is 18.3 Å². The van der Waals surface area contributed by atoms with E-state index in [0.29, 0.717) is 18.5 Å². The Bertz CT molecular complexity index is 641. The molecule has 0 saturated carbocycles. The number of rotatable bonds is 5. The van der Waals surface area contributed by atoms with Gasteiger partial charge < -0.3 is 4.57 Å². The number of benzene rings is 1. The summed E-state index contributed by atoms with van der Waals surface area (Å²) in [7, 11) is 0. The Balaban J connectivity index is 2.04. The lowest BCUT2D eigenvalue weighted by Gasteiger charge is -2.06. The highest BCUT2D eigenvalue weighted by Crippen LogP contribution is 2.03. The van der Waals surface area contributed by atoms with E-state index in [4.69, 9.17) is 0 Å². The summed E-state index contributed by atoms with van der Waals surface area (Å²) in [4.78, 5) is 25.5. The molecular weight excluding hydrogens is 240 g/mol. The first kappa shape index (κ1) is 13.3. The number of hydrogen-bond acceptors (Lipinski definition) is 2. The van der Waals surface area contributed by atoms with Crippen molar-refractivity contribution < 1.29 is 0 Å². The van der Waals surface area contributed by atoms with Gasteiger partial charge in [-0.25, -0.2) is 4.79 Å². The van der Waals surface area contributed by atoms with E-state index < -0.39 is 0 Å². The quantitative estimate of drug-likeness (QED) is 0.888. The second-order valence-corrected chi connectivity index (χ2v) is 4.55. The van der Waals surface area contributed by atoms with Gasteiger partial charge in [-0.3, -0.25) is 9.78 Å². The fourth-order valence-corrected chi connectivity index (χ4v) is 2.07. The third kappa shape index (κ3) is 3.44.